The van der Waals surface area contributed by atoms with E-state index in [-0.39, 0.29) is 21.1 Å². The molecule has 0 saturated heterocycles. The lowest BCUT2D eigenvalue weighted by Gasteiger charge is -2.27. The molecule has 0 amide bonds. The summed E-state index contributed by atoms with van der Waals surface area (Å²) < 4.78 is 47.2. The number of hydrogen-bond acceptors (Lipinski definition) is 7. The summed E-state index contributed by atoms with van der Waals surface area (Å²) in [5, 5.41) is 16.3. The maximum absolute atomic E-state index is 12.3. The molecule has 2 heterocycles. The lowest BCUT2D eigenvalue weighted by atomic mass is 10.1. The van der Waals surface area contributed by atoms with Crippen LogP contribution in [-0.4, -0.2) is 40.3 Å². The van der Waals surface area contributed by atoms with E-state index in [1.165, 1.54) is 6.07 Å². The molecule has 0 aromatic carbocycles. The van der Waals surface area contributed by atoms with E-state index in [0.717, 1.165) is 0 Å². The van der Waals surface area contributed by atoms with Crippen LogP contribution in [0.1, 0.15) is 24.9 Å². The standard InChI is InChI=1S/C10H16N2O5S3/c1-6-4-8(12-2-3-13)7-5-9(20(11,16)17)18-10(7)19(6,14)15/h5-6,8,12-13H,2-4H2,1H3,(H2,11,16,17)/t6-,8-/m0/s1. The Kier molecular flexibility index (Phi) is 4.24. The van der Waals surface area contributed by atoms with E-state index in [4.69, 9.17) is 10.2 Å². The van der Waals surface area contributed by atoms with Gasteiger partial charge in [0.25, 0.3) is 0 Å². The molecule has 114 valence electrons. The van der Waals surface area contributed by atoms with Crippen molar-refractivity contribution in [2.45, 2.75) is 33.1 Å². The van der Waals surface area contributed by atoms with E-state index < -0.39 is 25.1 Å². The number of hydrogen-bond donors (Lipinski definition) is 3. The molecule has 4 N–H and O–H groups in total. The van der Waals surface area contributed by atoms with E-state index in [1.54, 1.807) is 6.92 Å². The highest BCUT2D eigenvalue weighted by Crippen LogP contribution is 2.42. The van der Waals surface area contributed by atoms with Gasteiger partial charge >= 0.3 is 0 Å². The van der Waals surface area contributed by atoms with Crippen molar-refractivity contribution < 1.29 is 21.9 Å². The van der Waals surface area contributed by atoms with Crippen molar-refractivity contribution in [3.8, 4) is 0 Å². The van der Waals surface area contributed by atoms with Crippen LogP contribution >= 0.6 is 11.3 Å². The average molecular weight is 340 g/mol. The van der Waals surface area contributed by atoms with Gasteiger partial charge in [-0.25, -0.2) is 22.0 Å². The molecular weight excluding hydrogens is 324 g/mol. The number of thiophene rings is 1. The van der Waals surface area contributed by atoms with Gasteiger partial charge in [-0.15, -0.1) is 11.3 Å². The van der Waals surface area contributed by atoms with E-state index in [2.05, 4.69) is 5.32 Å². The van der Waals surface area contributed by atoms with Crippen LogP contribution in [0.4, 0.5) is 0 Å². The molecule has 0 aliphatic carbocycles. The van der Waals surface area contributed by atoms with Crippen LogP contribution in [0.25, 0.3) is 0 Å². The van der Waals surface area contributed by atoms with Crippen molar-refractivity contribution in [2.24, 2.45) is 5.14 Å². The summed E-state index contributed by atoms with van der Waals surface area (Å²) in [6.45, 7) is 1.80. The Labute approximate surface area is 121 Å². The monoisotopic (exact) mass is 340 g/mol. The number of aliphatic hydroxyl groups is 1. The first kappa shape index (κ1) is 15.9. The highest BCUT2D eigenvalue weighted by Gasteiger charge is 2.39. The number of aliphatic hydroxyl groups excluding tert-OH is 1. The molecule has 0 fully saturated rings. The van der Waals surface area contributed by atoms with Gasteiger partial charge in [0.1, 0.15) is 8.42 Å². The second kappa shape index (κ2) is 5.35. The van der Waals surface area contributed by atoms with Crippen molar-refractivity contribution >= 4 is 31.2 Å². The summed E-state index contributed by atoms with van der Waals surface area (Å²) >= 11 is 0.687. The van der Waals surface area contributed by atoms with Crippen LogP contribution in [0.2, 0.25) is 0 Å². The minimum absolute atomic E-state index is 0.0516. The number of fused-ring (bicyclic) bond motifs is 1. The average Bonchev–Trinajstić information content (AvgIpc) is 2.78. The van der Waals surface area contributed by atoms with Gasteiger partial charge in [-0.3, -0.25) is 0 Å². The molecule has 10 heteroatoms. The van der Waals surface area contributed by atoms with Gasteiger partial charge < -0.3 is 10.4 Å². The van der Waals surface area contributed by atoms with Gasteiger partial charge in [0.15, 0.2) is 9.84 Å². The lowest BCUT2D eigenvalue weighted by molar-refractivity contribution is 0.281. The Bertz CT molecular complexity index is 707. The van der Waals surface area contributed by atoms with Crippen LogP contribution < -0.4 is 10.5 Å². The molecule has 0 bridgehead atoms. The summed E-state index contributed by atoms with van der Waals surface area (Å²) in [7, 11) is -7.45. The van der Waals surface area contributed by atoms with Gasteiger partial charge in [-0.2, -0.15) is 0 Å². The molecule has 20 heavy (non-hydrogen) atoms. The van der Waals surface area contributed by atoms with Crippen LogP contribution in [-0.2, 0) is 19.9 Å². The molecule has 7 nitrogen and oxygen atoms in total. The molecule has 1 aromatic rings. The van der Waals surface area contributed by atoms with Crippen LogP contribution in [0.15, 0.2) is 14.5 Å². The van der Waals surface area contributed by atoms with Gasteiger partial charge in [0, 0.05) is 18.2 Å². The summed E-state index contributed by atoms with van der Waals surface area (Å²) in [4.78, 5) is 0. The number of primary sulfonamides is 1. The quantitative estimate of drug-likeness (QED) is 0.683. The molecule has 0 saturated carbocycles. The summed E-state index contributed by atoms with van der Waals surface area (Å²) in [5.74, 6) is 0. The van der Waals surface area contributed by atoms with Crippen molar-refractivity contribution in [3.63, 3.8) is 0 Å². The minimum atomic E-state index is -3.93. The fourth-order valence-corrected chi connectivity index (χ4v) is 6.59. The lowest BCUT2D eigenvalue weighted by Crippen LogP contribution is -2.34. The fraction of sp³-hybridized carbons (Fsp3) is 0.600. The predicted octanol–water partition coefficient (Wildman–Crippen LogP) is -0.416. The van der Waals surface area contributed by atoms with Gasteiger partial charge in [0.2, 0.25) is 10.0 Å². The Hall–Kier alpha value is -0.520. The van der Waals surface area contributed by atoms with E-state index in [9.17, 15) is 16.8 Å². The summed E-state index contributed by atoms with van der Waals surface area (Å²) in [6, 6.07) is 1.01. The largest absolute Gasteiger partial charge is 0.395 e. The molecule has 0 unspecified atom stereocenters. The Morgan fingerprint density at radius 2 is 2.20 bits per heavy atom. The van der Waals surface area contributed by atoms with E-state index >= 15 is 0 Å². The third-order valence-corrected chi connectivity index (χ3v) is 8.53. The Morgan fingerprint density at radius 3 is 2.75 bits per heavy atom. The molecule has 1 aliphatic rings. The summed E-state index contributed by atoms with van der Waals surface area (Å²) in [6.07, 6.45) is 0.329. The fourth-order valence-electron chi connectivity index (χ4n) is 2.17. The number of sulfonamides is 1. The highest BCUT2D eigenvalue weighted by atomic mass is 32.3. The zero-order chi connectivity index (χ0) is 15.1. The first-order chi connectivity index (χ1) is 9.17. The second-order valence-electron chi connectivity index (χ2n) is 4.67. The third-order valence-electron chi connectivity index (χ3n) is 3.22. The minimum Gasteiger partial charge on any atom is -0.395 e. The number of sulfone groups is 1. The first-order valence-corrected chi connectivity index (χ1v) is 9.83. The van der Waals surface area contributed by atoms with Gasteiger partial charge in [-0.05, 0) is 19.4 Å². The molecule has 1 aliphatic heterocycles. The van der Waals surface area contributed by atoms with Crippen molar-refractivity contribution in [3.05, 3.63) is 11.6 Å². The molecule has 1 aromatic heterocycles. The van der Waals surface area contributed by atoms with Gasteiger partial charge in [-0.1, -0.05) is 0 Å². The topological polar surface area (TPSA) is 127 Å². The molecule has 2 rings (SSSR count). The smallest absolute Gasteiger partial charge is 0.247 e. The zero-order valence-corrected chi connectivity index (χ0v) is 13.2. The Balaban J connectivity index is 2.56. The maximum Gasteiger partial charge on any atom is 0.247 e. The van der Waals surface area contributed by atoms with Crippen LogP contribution in [0.3, 0.4) is 0 Å². The normalized spacial score (nSPS) is 25.4. The molecule has 0 radical (unpaired) electrons. The molecule has 2 atom stereocenters. The van der Waals surface area contributed by atoms with E-state index in [0.29, 0.717) is 29.9 Å². The predicted molar refractivity (Wildman–Crippen MR) is 74.8 cm³/mol. The number of nitrogens with one attached hydrogen (secondary N) is 1. The van der Waals surface area contributed by atoms with Gasteiger partial charge in [0.05, 0.1) is 11.9 Å². The molecular formula is C10H16N2O5S3. The summed E-state index contributed by atoms with van der Waals surface area (Å²) in [5.41, 5.74) is 0.422. The number of rotatable bonds is 4. The van der Waals surface area contributed by atoms with Crippen LogP contribution in [0, 0.1) is 0 Å². The van der Waals surface area contributed by atoms with Crippen molar-refractivity contribution in [2.75, 3.05) is 13.2 Å². The number of nitrogens with two attached hydrogens (primary N) is 1. The SMILES string of the molecule is C[C@H]1C[C@H](NCCO)c2cc(S(N)(=O)=O)sc2S1(=O)=O. The second-order valence-corrected chi connectivity index (χ2v) is 10.1. The van der Waals surface area contributed by atoms with Crippen molar-refractivity contribution in [1.82, 2.24) is 5.32 Å². The third kappa shape index (κ3) is 2.76. The van der Waals surface area contributed by atoms with Crippen molar-refractivity contribution in [1.29, 1.82) is 0 Å². The maximum atomic E-state index is 12.3. The Morgan fingerprint density at radius 1 is 1.55 bits per heavy atom. The zero-order valence-electron chi connectivity index (χ0n) is 10.7. The highest BCUT2D eigenvalue weighted by molar-refractivity contribution is 7.95. The van der Waals surface area contributed by atoms with E-state index in [1.807, 2.05) is 0 Å². The van der Waals surface area contributed by atoms with Crippen LogP contribution in [0.5, 0.6) is 0 Å². The first-order valence-electron chi connectivity index (χ1n) is 5.92. The molecule has 0 spiro atoms.